The molecule has 0 aromatic carbocycles. The maximum absolute atomic E-state index is 12.4. The van der Waals surface area contributed by atoms with Crippen molar-refractivity contribution in [3.05, 3.63) is 41.7 Å². The minimum Gasteiger partial charge on any atom is -0.467 e. The van der Waals surface area contributed by atoms with Crippen LogP contribution in [-0.4, -0.2) is 48.4 Å². The second-order valence-corrected chi connectivity index (χ2v) is 8.49. The smallest absolute Gasteiger partial charge is 0.270 e. The predicted molar refractivity (Wildman–Crippen MR) is 96.7 cm³/mol. The zero-order chi connectivity index (χ0) is 18.7. The number of hydrogen-bond acceptors (Lipinski definition) is 7. The number of hydrogen-bond donors (Lipinski definition) is 1. The standard InChI is InChI=1S/C17H22N4O4S/c1-3-21(13-6-8-26(23,24)11-13)16-9-15(19-12(2)20-16)17(22)18-10-14-5-4-7-25-14/h4-5,7,9,13H,3,6,8,10-11H2,1-2H3,(H,18,22). The zero-order valence-corrected chi connectivity index (χ0v) is 15.6. The monoisotopic (exact) mass is 378 g/mol. The molecule has 26 heavy (non-hydrogen) atoms. The van der Waals surface area contributed by atoms with E-state index in [0.717, 1.165) is 0 Å². The van der Waals surface area contributed by atoms with E-state index >= 15 is 0 Å². The van der Waals surface area contributed by atoms with Crippen LogP contribution in [0.5, 0.6) is 0 Å². The quantitative estimate of drug-likeness (QED) is 0.808. The summed E-state index contributed by atoms with van der Waals surface area (Å²) in [4.78, 5) is 23.0. The Kier molecular flexibility index (Phi) is 5.26. The largest absolute Gasteiger partial charge is 0.467 e. The topological polar surface area (TPSA) is 105 Å². The Bertz CT molecular complexity index is 880. The third kappa shape index (κ3) is 4.21. The Hall–Kier alpha value is -2.42. The van der Waals surface area contributed by atoms with Gasteiger partial charge in [-0.3, -0.25) is 4.79 Å². The number of nitrogens with one attached hydrogen (secondary N) is 1. The zero-order valence-electron chi connectivity index (χ0n) is 14.8. The first kappa shape index (κ1) is 18.4. The van der Waals surface area contributed by atoms with Crippen molar-refractivity contribution in [2.24, 2.45) is 0 Å². The number of carbonyl (C=O) groups excluding carboxylic acids is 1. The molecular weight excluding hydrogens is 356 g/mol. The fourth-order valence-electron chi connectivity index (χ4n) is 3.11. The summed E-state index contributed by atoms with van der Waals surface area (Å²) in [5.74, 6) is 1.66. The number of furan rings is 1. The molecule has 3 heterocycles. The summed E-state index contributed by atoms with van der Waals surface area (Å²) >= 11 is 0. The fraction of sp³-hybridized carbons (Fsp3) is 0.471. The number of rotatable bonds is 6. The fourth-order valence-corrected chi connectivity index (χ4v) is 4.85. The molecule has 0 bridgehead atoms. The van der Waals surface area contributed by atoms with E-state index in [1.54, 1.807) is 31.4 Å². The Balaban J connectivity index is 1.78. The third-order valence-corrected chi connectivity index (χ3v) is 6.09. The van der Waals surface area contributed by atoms with Crippen molar-refractivity contribution in [1.82, 2.24) is 15.3 Å². The van der Waals surface area contributed by atoms with Gasteiger partial charge in [0.15, 0.2) is 9.84 Å². The van der Waals surface area contributed by atoms with E-state index in [4.69, 9.17) is 4.42 Å². The summed E-state index contributed by atoms with van der Waals surface area (Å²) in [6.45, 7) is 4.53. The van der Waals surface area contributed by atoms with Gasteiger partial charge in [-0.2, -0.15) is 0 Å². The van der Waals surface area contributed by atoms with Gasteiger partial charge < -0.3 is 14.6 Å². The van der Waals surface area contributed by atoms with E-state index < -0.39 is 9.84 Å². The normalized spacial score (nSPS) is 18.6. The van der Waals surface area contributed by atoms with Gasteiger partial charge >= 0.3 is 0 Å². The SMILES string of the molecule is CCN(c1cc(C(=O)NCc2ccco2)nc(C)n1)C1CCS(=O)(=O)C1. The third-order valence-electron chi connectivity index (χ3n) is 4.34. The first-order chi connectivity index (χ1) is 12.4. The molecular formula is C17H22N4O4S. The van der Waals surface area contributed by atoms with Crippen molar-refractivity contribution < 1.29 is 17.6 Å². The van der Waals surface area contributed by atoms with Crippen molar-refractivity contribution in [3.63, 3.8) is 0 Å². The van der Waals surface area contributed by atoms with Crippen LogP contribution in [0.3, 0.4) is 0 Å². The van der Waals surface area contributed by atoms with E-state index in [2.05, 4.69) is 15.3 Å². The molecule has 1 atom stereocenters. The molecule has 1 amide bonds. The van der Waals surface area contributed by atoms with Crippen LogP contribution >= 0.6 is 0 Å². The van der Waals surface area contributed by atoms with Crippen molar-refractivity contribution >= 4 is 21.6 Å². The Morgan fingerprint density at radius 2 is 2.23 bits per heavy atom. The number of carbonyl (C=O) groups is 1. The van der Waals surface area contributed by atoms with Gasteiger partial charge in [0.05, 0.1) is 24.3 Å². The summed E-state index contributed by atoms with van der Waals surface area (Å²) in [5, 5.41) is 2.76. The summed E-state index contributed by atoms with van der Waals surface area (Å²) in [6, 6.07) is 5.01. The Labute approximate surface area is 152 Å². The number of aromatic nitrogens is 2. The van der Waals surface area contributed by atoms with Crippen LogP contribution < -0.4 is 10.2 Å². The van der Waals surface area contributed by atoms with Crippen LogP contribution in [-0.2, 0) is 16.4 Å². The molecule has 2 aromatic rings. The molecule has 8 nitrogen and oxygen atoms in total. The molecule has 2 aromatic heterocycles. The van der Waals surface area contributed by atoms with Crippen molar-refractivity contribution in [2.45, 2.75) is 32.9 Å². The van der Waals surface area contributed by atoms with Crippen LogP contribution in [0.15, 0.2) is 28.9 Å². The second kappa shape index (κ2) is 7.45. The summed E-state index contributed by atoms with van der Waals surface area (Å²) in [5.41, 5.74) is 0.248. The summed E-state index contributed by atoms with van der Waals surface area (Å²) in [6.07, 6.45) is 2.11. The number of amides is 1. The van der Waals surface area contributed by atoms with Gasteiger partial charge in [-0.1, -0.05) is 0 Å². The molecule has 0 spiro atoms. The minimum atomic E-state index is -3.00. The molecule has 0 saturated carbocycles. The molecule has 0 aliphatic carbocycles. The molecule has 1 N–H and O–H groups in total. The van der Waals surface area contributed by atoms with E-state index in [1.807, 2.05) is 11.8 Å². The highest BCUT2D eigenvalue weighted by Crippen LogP contribution is 2.23. The highest BCUT2D eigenvalue weighted by atomic mass is 32.2. The maximum atomic E-state index is 12.4. The molecule has 1 fully saturated rings. The summed E-state index contributed by atoms with van der Waals surface area (Å²) in [7, 11) is -3.00. The molecule has 1 aliphatic heterocycles. The van der Waals surface area contributed by atoms with Gasteiger partial charge in [0.2, 0.25) is 0 Å². The molecule has 9 heteroatoms. The molecule has 3 rings (SSSR count). The lowest BCUT2D eigenvalue weighted by Crippen LogP contribution is -2.37. The lowest BCUT2D eigenvalue weighted by molar-refractivity contribution is 0.0942. The second-order valence-electron chi connectivity index (χ2n) is 6.26. The lowest BCUT2D eigenvalue weighted by Gasteiger charge is -2.28. The Morgan fingerprint density at radius 1 is 1.42 bits per heavy atom. The molecule has 1 saturated heterocycles. The van der Waals surface area contributed by atoms with Crippen LogP contribution in [0.2, 0.25) is 0 Å². The first-order valence-electron chi connectivity index (χ1n) is 8.51. The first-order valence-corrected chi connectivity index (χ1v) is 10.3. The van der Waals surface area contributed by atoms with Crippen molar-refractivity contribution in [3.8, 4) is 0 Å². The number of anilines is 1. The van der Waals surface area contributed by atoms with Crippen LogP contribution in [0.1, 0.15) is 35.4 Å². The molecule has 1 unspecified atom stereocenters. The number of nitrogens with zero attached hydrogens (tertiary/aromatic N) is 3. The molecule has 0 radical (unpaired) electrons. The van der Waals surface area contributed by atoms with Crippen molar-refractivity contribution in [1.29, 1.82) is 0 Å². The van der Waals surface area contributed by atoms with Gasteiger partial charge in [-0.15, -0.1) is 0 Å². The minimum absolute atomic E-state index is 0.115. The number of aryl methyl sites for hydroxylation is 1. The highest BCUT2D eigenvalue weighted by Gasteiger charge is 2.32. The van der Waals surface area contributed by atoms with Crippen LogP contribution in [0.25, 0.3) is 0 Å². The van der Waals surface area contributed by atoms with Crippen LogP contribution in [0.4, 0.5) is 5.82 Å². The number of sulfone groups is 1. The highest BCUT2D eigenvalue weighted by molar-refractivity contribution is 7.91. The molecule has 140 valence electrons. The van der Waals surface area contributed by atoms with E-state index in [0.29, 0.717) is 30.4 Å². The van der Waals surface area contributed by atoms with Gasteiger partial charge in [0, 0.05) is 18.7 Å². The van der Waals surface area contributed by atoms with Gasteiger partial charge in [-0.25, -0.2) is 18.4 Å². The Morgan fingerprint density at radius 3 is 2.85 bits per heavy atom. The van der Waals surface area contributed by atoms with E-state index in [-0.39, 0.29) is 35.7 Å². The average molecular weight is 378 g/mol. The predicted octanol–water partition coefficient (Wildman–Crippen LogP) is 1.32. The molecule has 1 aliphatic rings. The van der Waals surface area contributed by atoms with Crippen LogP contribution in [0, 0.1) is 6.92 Å². The van der Waals surface area contributed by atoms with Gasteiger partial charge in [0.1, 0.15) is 23.1 Å². The lowest BCUT2D eigenvalue weighted by atomic mass is 10.2. The van der Waals surface area contributed by atoms with E-state index in [1.165, 1.54) is 0 Å². The van der Waals surface area contributed by atoms with Crippen molar-refractivity contribution in [2.75, 3.05) is 23.0 Å². The average Bonchev–Trinajstić information content (AvgIpc) is 3.22. The van der Waals surface area contributed by atoms with Gasteiger partial charge in [0.25, 0.3) is 5.91 Å². The summed E-state index contributed by atoms with van der Waals surface area (Å²) < 4.78 is 28.8. The van der Waals surface area contributed by atoms with E-state index in [9.17, 15) is 13.2 Å². The van der Waals surface area contributed by atoms with Gasteiger partial charge in [-0.05, 0) is 32.4 Å². The maximum Gasteiger partial charge on any atom is 0.270 e.